The zero-order chi connectivity index (χ0) is 10.4. The van der Waals surface area contributed by atoms with Crippen molar-refractivity contribution in [2.45, 2.75) is 19.9 Å². The summed E-state index contributed by atoms with van der Waals surface area (Å²) in [6.07, 6.45) is 0. The van der Waals surface area contributed by atoms with Crippen LogP contribution in [0.4, 0.5) is 0 Å². The Morgan fingerprint density at radius 3 is 2.36 bits per heavy atom. The number of aliphatic hydroxyl groups is 1. The maximum atomic E-state index is 8.78. The van der Waals surface area contributed by atoms with Gasteiger partial charge < -0.3 is 10.4 Å². The van der Waals surface area contributed by atoms with Gasteiger partial charge in [-0.05, 0) is 11.5 Å². The van der Waals surface area contributed by atoms with Crippen LogP contribution < -0.4 is 5.32 Å². The summed E-state index contributed by atoms with van der Waals surface area (Å²) in [6, 6.07) is 10.7. The molecule has 0 spiro atoms. The lowest BCUT2D eigenvalue weighted by Crippen LogP contribution is -2.28. The Labute approximate surface area is 86.0 Å². The Morgan fingerprint density at radius 2 is 1.86 bits per heavy atom. The summed E-state index contributed by atoms with van der Waals surface area (Å²) >= 11 is 0. The first-order valence-corrected chi connectivity index (χ1v) is 5.15. The summed E-state index contributed by atoms with van der Waals surface area (Å²) in [5, 5.41) is 12.1. The van der Waals surface area contributed by atoms with Crippen LogP contribution in [0.15, 0.2) is 30.3 Å². The minimum atomic E-state index is 0.191. The van der Waals surface area contributed by atoms with Crippen molar-refractivity contribution in [1.82, 2.24) is 5.32 Å². The summed E-state index contributed by atoms with van der Waals surface area (Å²) in [6.45, 7) is 5.21. The zero-order valence-corrected chi connectivity index (χ0v) is 8.90. The Balaban J connectivity index is 2.68. The fourth-order valence-corrected chi connectivity index (χ4v) is 1.62. The Kier molecular flexibility index (Phi) is 4.63. The molecular formula is C12H19NO. The Morgan fingerprint density at radius 1 is 1.21 bits per heavy atom. The van der Waals surface area contributed by atoms with Crippen molar-refractivity contribution in [2.24, 2.45) is 5.92 Å². The lowest BCUT2D eigenvalue weighted by atomic mass is 9.96. The predicted molar refractivity (Wildman–Crippen MR) is 59.1 cm³/mol. The molecule has 78 valence electrons. The average Bonchev–Trinajstić information content (AvgIpc) is 2.19. The van der Waals surface area contributed by atoms with Crippen LogP contribution in [0.25, 0.3) is 0 Å². The highest BCUT2D eigenvalue weighted by molar-refractivity contribution is 5.19. The average molecular weight is 193 g/mol. The van der Waals surface area contributed by atoms with E-state index >= 15 is 0 Å². The van der Waals surface area contributed by atoms with Crippen LogP contribution in [0.5, 0.6) is 0 Å². The van der Waals surface area contributed by atoms with Crippen LogP contribution in [-0.2, 0) is 0 Å². The van der Waals surface area contributed by atoms with Gasteiger partial charge in [0, 0.05) is 12.6 Å². The molecule has 1 aromatic carbocycles. The molecule has 0 unspecified atom stereocenters. The van der Waals surface area contributed by atoms with Gasteiger partial charge in [0.1, 0.15) is 0 Å². The summed E-state index contributed by atoms with van der Waals surface area (Å²) in [4.78, 5) is 0. The molecule has 0 saturated carbocycles. The summed E-state index contributed by atoms with van der Waals surface area (Å²) in [5.41, 5.74) is 1.29. The van der Waals surface area contributed by atoms with Crippen LogP contribution in [-0.4, -0.2) is 18.3 Å². The smallest absolute Gasteiger partial charge is 0.0556 e. The number of rotatable bonds is 5. The monoisotopic (exact) mass is 193 g/mol. The molecule has 0 aliphatic heterocycles. The Bertz CT molecular complexity index is 246. The molecule has 2 nitrogen and oxygen atoms in total. The van der Waals surface area contributed by atoms with Crippen LogP contribution in [0.3, 0.4) is 0 Å². The van der Waals surface area contributed by atoms with E-state index in [1.165, 1.54) is 5.56 Å². The van der Waals surface area contributed by atoms with Crippen LogP contribution in [0.2, 0.25) is 0 Å². The fourth-order valence-electron chi connectivity index (χ4n) is 1.62. The van der Waals surface area contributed by atoms with Crippen molar-refractivity contribution in [3.8, 4) is 0 Å². The van der Waals surface area contributed by atoms with E-state index in [0.717, 1.165) is 0 Å². The molecule has 0 bridgehead atoms. The van der Waals surface area contributed by atoms with Gasteiger partial charge in [-0.25, -0.2) is 0 Å². The minimum absolute atomic E-state index is 0.191. The molecule has 0 fully saturated rings. The summed E-state index contributed by atoms with van der Waals surface area (Å²) in [5.74, 6) is 0.531. The minimum Gasteiger partial charge on any atom is -0.395 e. The van der Waals surface area contributed by atoms with Crippen molar-refractivity contribution in [2.75, 3.05) is 13.2 Å². The highest BCUT2D eigenvalue weighted by Crippen LogP contribution is 2.20. The lowest BCUT2D eigenvalue weighted by Gasteiger charge is -2.22. The van der Waals surface area contributed by atoms with E-state index in [-0.39, 0.29) is 6.61 Å². The molecule has 0 aliphatic rings. The van der Waals surface area contributed by atoms with Gasteiger partial charge in [0.05, 0.1) is 6.61 Å². The maximum absolute atomic E-state index is 8.78. The van der Waals surface area contributed by atoms with E-state index in [2.05, 4.69) is 31.3 Å². The van der Waals surface area contributed by atoms with Gasteiger partial charge in [-0.2, -0.15) is 0 Å². The molecule has 0 aromatic heterocycles. The molecule has 2 heteroatoms. The second-order valence-corrected chi connectivity index (χ2v) is 3.81. The third-order valence-corrected chi connectivity index (χ3v) is 2.30. The van der Waals surface area contributed by atoms with E-state index in [0.29, 0.717) is 18.5 Å². The number of aliphatic hydroxyl groups excluding tert-OH is 1. The molecule has 1 atom stereocenters. The van der Waals surface area contributed by atoms with Crippen molar-refractivity contribution in [1.29, 1.82) is 0 Å². The van der Waals surface area contributed by atoms with Crippen LogP contribution >= 0.6 is 0 Å². The van der Waals surface area contributed by atoms with E-state index in [9.17, 15) is 0 Å². The standard InChI is InChI=1S/C12H19NO/c1-10(2)12(13-8-9-14)11-6-4-3-5-7-11/h3-7,10,12-14H,8-9H2,1-2H3/t12-/m0/s1. The van der Waals surface area contributed by atoms with Gasteiger partial charge >= 0.3 is 0 Å². The van der Waals surface area contributed by atoms with E-state index in [1.54, 1.807) is 0 Å². The van der Waals surface area contributed by atoms with Crippen molar-refractivity contribution >= 4 is 0 Å². The molecule has 14 heavy (non-hydrogen) atoms. The SMILES string of the molecule is CC(C)[C@H](NCCO)c1ccccc1. The summed E-state index contributed by atoms with van der Waals surface area (Å²) in [7, 11) is 0. The lowest BCUT2D eigenvalue weighted by molar-refractivity contribution is 0.274. The third kappa shape index (κ3) is 3.13. The second kappa shape index (κ2) is 5.78. The highest BCUT2D eigenvalue weighted by Gasteiger charge is 2.13. The summed E-state index contributed by atoms with van der Waals surface area (Å²) < 4.78 is 0. The van der Waals surface area contributed by atoms with E-state index in [4.69, 9.17) is 5.11 Å². The number of hydrogen-bond acceptors (Lipinski definition) is 2. The first kappa shape index (κ1) is 11.2. The van der Waals surface area contributed by atoms with Gasteiger partial charge in [-0.15, -0.1) is 0 Å². The normalized spacial score (nSPS) is 13.1. The molecule has 0 amide bonds. The quantitative estimate of drug-likeness (QED) is 0.749. The second-order valence-electron chi connectivity index (χ2n) is 3.81. The molecule has 1 rings (SSSR count). The van der Waals surface area contributed by atoms with Gasteiger partial charge in [-0.3, -0.25) is 0 Å². The molecule has 0 saturated heterocycles. The molecule has 0 radical (unpaired) electrons. The molecule has 0 aliphatic carbocycles. The van der Waals surface area contributed by atoms with Gasteiger partial charge in [0.25, 0.3) is 0 Å². The van der Waals surface area contributed by atoms with Crippen molar-refractivity contribution < 1.29 is 5.11 Å². The Hall–Kier alpha value is -0.860. The topological polar surface area (TPSA) is 32.3 Å². The maximum Gasteiger partial charge on any atom is 0.0556 e. The highest BCUT2D eigenvalue weighted by atomic mass is 16.3. The fraction of sp³-hybridized carbons (Fsp3) is 0.500. The molecule has 2 N–H and O–H groups in total. The van der Waals surface area contributed by atoms with E-state index in [1.807, 2.05) is 18.2 Å². The van der Waals surface area contributed by atoms with Crippen LogP contribution in [0, 0.1) is 5.92 Å². The largest absolute Gasteiger partial charge is 0.395 e. The van der Waals surface area contributed by atoms with Crippen LogP contribution in [0.1, 0.15) is 25.5 Å². The number of nitrogens with one attached hydrogen (secondary N) is 1. The zero-order valence-electron chi connectivity index (χ0n) is 8.90. The molecule has 0 heterocycles. The molecule has 1 aromatic rings. The predicted octanol–water partition coefficient (Wildman–Crippen LogP) is 1.97. The number of hydrogen-bond donors (Lipinski definition) is 2. The van der Waals surface area contributed by atoms with Crippen molar-refractivity contribution in [3.63, 3.8) is 0 Å². The third-order valence-electron chi connectivity index (χ3n) is 2.30. The number of benzene rings is 1. The first-order valence-electron chi connectivity index (χ1n) is 5.15. The van der Waals surface area contributed by atoms with Gasteiger partial charge in [0.15, 0.2) is 0 Å². The van der Waals surface area contributed by atoms with E-state index < -0.39 is 0 Å². The molecular weight excluding hydrogens is 174 g/mol. The van der Waals surface area contributed by atoms with Gasteiger partial charge in [-0.1, -0.05) is 44.2 Å². The van der Waals surface area contributed by atoms with Gasteiger partial charge in [0.2, 0.25) is 0 Å². The van der Waals surface area contributed by atoms with Crippen molar-refractivity contribution in [3.05, 3.63) is 35.9 Å². The first-order chi connectivity index (χ1) is 6.75.